The van der Waals surface area contributed by atoms with Crippen LogP contribution in [0.2, 0.25) is 0 Å². The van der Waals surface area contributed by atoms with Gasteiger partial charge in [-0.2, -0.15) is 0 Å². The summed E-state index contributed by atoms with van der Waals surface area (Å²) in [7, 11) is 0. The average molecular weight is 799 g/mol. The third kappa shape index (κ3) is 12.8. The van der Waals surface area contributed by atoms with E-state index in [1.54, 1.807) is 46.2 Å². The van der Waals surface area contributed by atoms with Crippen LogP contribution < -0.4 is 0 Å². The molecule has 17 nitrogen and oxygen atoms in total. The number of fused-ring (bicyclic) bond motifs is 2. The molecule has 0 bridgehead atoms. The summed E-state index contributed by atoms with van der Waals surface area (Å²) in [6.07, 6.45) is 2.61. The quantitative estimate of drug-likeness (QED) is 0.212. The van der Waals surface area contributed by atoms with Gasteiger partial charge in [0.2, 0.25) is 0 Å². The normalized spacial score (nSPS) is 17.4. The highest BCUT2D eigenvalue weighted by Gasteiger charge is 2.37. The average Bonchev–Trinajstić information content (AvgIpc) is 3.54. The molecule has 0 aliphatic carbocycles. The number of ether oxygens (including phenoxy) is 4. The Balaban J connectivity index is 0.000000210. The Morgan fingerprint density at radius 3 is 1.30 bits per heavy atom. The number of benzene rings is 2. The number of carbonyl (C=O) groups is 6. The molecule has 4 aliphatic rings. The van der Waals surface area contributed by atoms with Crippen molar-refractivity contribution in [2.45, 2.75) is 90.6 Å². The van der Waals surface area contributed by atoms with Crippen LogP contribution >= 0.6 is 0 Å². The molecule has 0 unspecified atom stereocenters. The van der Waals surface area contributed by atoms with Gasteiger partial charge in [0.15, 0.2) is 0 Å². The Morgan fingerprint density at radius 2 is 0.947 bits per heavy atom. The number of hydroxylamine groups is 4. The molecule has 2 saturated heterocycles. The fraction of sp³-hybridized carbons (Fsp3) is 0.550. The van der Waals surface area contributed by atoms with Crippen LogP contribution in [0.3, 0.4) is 0 Å². The predicted molar refractivity (Wildman–Crippen MR) is 202 cm³/mol. The Hall–Kier alpha value is -4.94. The highest BCUT2D eigenvalue weighted by molar-refractivity contribution is 6.21. The third-order valence-electron chi connectivity index (χ3n) is 8.82. The molecule has 6 amide bonds. The summed E-state index contributed by atoms with van der Waals surface area (Å²) in [6, 6.07) is 12.9. The number of hydrogen-bond acceptors (Lipinski definition) is 13. The number of hydrogen-bond donors (Lipinski definition) is 2. The van der Waals surface area contributed by atoms with E-state index in [2.05, 4.69) is 0 Å². The number of rotatable bonds is 8. The van der Waals surface area contributed by atoms with Crippen LogP contribution in [0.4, 0.5) is 9.59 Å². The summed E-state index contributed by atoms with van der Waals surface area (Å²) in [5, 5.41) is 18.5. The van der Waals surface area contributed by atoms with E-state index in [1.165, 1.54) is 12.1 Å². The Kier molecular flexibility index (Phi) is 15.7. The van der Waals surface area contributed by atoms with Crippen molar-refractivity contribution in [1.29, 1.82) is 0 Å². The zero-order chi connectivity index (χ0) is 41.9. The first-order chi connectivity index (χ1) is 26.9. The first kappa shape index (κ1) is 44.8. The summed E-state index contributed by atoms with van der Waals surface area (Å²) >= 11 is 0. The largest absolute Gasteiger partial charge is 0.444 e. The van der Waals surface area contributed by atoms with E-state index in [-0.39, 0.29) is 60.4 Å². The lowest BCUT2D eigenvalue weighted by atomic mass is 10.1. The fourth-order valence-corrected chi connectivity index (χ4v) is 6.09. The minimum absolute atomic E-state index is 0.00413. The second-order valence-electron chi connectivity index (χ2n) is 15.5. The molecule has 2 N–H and O–H groups in total. The van der Waals surface area contributed by atoms with Crippen molar-refractivity contribution in [2.24, 2.45) is 0 Å². The van der Waals surface area contributed by atoms with Gasteiger partial charge in [0.05, 0.1) is 60.9 Å². The van der Waals surface area contributed by atoms with Gasteiger partial charge in [-0.05, 0) is 91.5 Å². The monoisotopic (exact) mass is 798 g/mol. The summed E-state index contributed by atoms with van der Waals surface area (Å²) < 4.78 is 21.9. The molecule has 0 aromatic heterocycles. The van der Waals surface area contributed by atoms with Crippen LogP contribution in [0.15, 0.2) is 48.5 Å². The molecule has 0 spiro atoms. The van der Waals surface area contributed by atoms with Crippen LogP contribution in [0, 0.1) is 0 Å². The van der Waals surface area contributed by atoms with E-state index in [9.17, 15) is 28.8 Å². The maximum Gasteiger partial charge on any atom is 0.410 e. The van der Waals surface area contributed by atoms with Crippen LogP contribution in [0.5, 0.6) is 0 Å². The molecule has 57 heavy (non-hydrogen) atoms. The molecular weight excluding hydrogens is 744 g/mol. The number of likely N-dealkylation sites (tertiary alicyclic amines) is 2. The lowest BCUT2D eigenvalue weighted by Gasteiger charge is -2.33. The van der Waals surface area contributed by atoms with Crippen molar-refractivity contribution < 1.29 is 62.9 Å². The number of amides is 6. The van der Waals surface area contributed by atoms with Gasteiger partial charge in [0.1, 0.15) is 11.2 Å². The van der Waals surface area contributed by atoms with Gasteiger partial charge in [0.25, 0.3) is 23.6 Å². The molecule has 4 aliphatic heterocycles. The molecule has 17 heteroatoms. The first-order valence-electron chi connectivity index (χ1n) is 19.0. The Bertz CT molecular complexity index is 1670. The molecule has 2 fully saturated rings. The van der Waals surface area contributed by atoms with E-state index < -0.39 is 34.8 Å². The molecule has 0 atom stereocenters. The number of nitrogens with zero attached hydrogens (tertiary/aromatic N) is 4. The van der Waals surface area contributed by atoms with Crippen molar-refractivity contribution in [1.82, 2.24) is 19.9 Å². The molecule has 312 valence electrons. The van der Waals surface area contributed by atoms with Crippen LogP contribution in [0.1, 0.15) is 109 Å². The highest BCUT2D eigenvalue weighted by atomic mass is 16.7. The van der Waals surface area contributed by atoms with E-state index in [0.29, 0.717) is 56.8 Å². The molecule has 0 radical (unpaired) electrons. The first-order valence-corrected chi connectivity index (χ1v) is 19.0. The van der Waals surface area contributed by atoms with E-state index in [1.807, 2.05) is 41.5 Å². The lowest BCUT2D eigenvalue weighted by Crippen LogP contribution is -2.43. The number of carbonyl (C=O) groups excluding carboxylic acids is 6. The maximum atomic E-state index is 12.2. The summed E-state index contributed by atoms with van der Waals surface area (Å²) in [6.45, 7) is 14.3. The third-order valence-corrected chi connectivity index (χ3v) is 8.82. The molecule has 4 heterocycles. The smallest absolute Gasteiger partial charge is 0.410 e. The zero-order valence-electron chi connectivity index (χ0n) is 33.4. The highest BCUT2D eigenvalue weighted by Crippen LogP contribution is 2.24. The van der Waals surface area contributed by atoms with E-state index in [0.717, 1.165) is 17.9 Å². The van der Waals surface area contributed by atoms with Gasteiger partial charge in [-0.3, -0.25) is 29.2 Å². The van der Waals surface area contributed by atoms with Gasteiger partial charge in [-0.15, -0.1) is 10.1 Å². The number of imide groups is 2. The van der Waals surface area contributed by atoms with E-state index >= 15 is 0 Å². The topological polar surface area (TPSA) is 202 Å². The molecule has 0 saturated carbocycles. The number of piperidine rings is 2. The standard InChI is InChI=1S/C20H26N2O6.C12H23NO4.C8H5NO3/c1-20(2,3)28-19(25)21-10-8-14(9-11-21)26-12-13-27-22-17(23)15-6-4-5-7-16(15)18(22)24;1-12(2,3)17-11(15)13-6-4-10(5-7-13)16-9-8-14;10-7-5-3-1-2-4-6(5)8(11)9(7)12/h4-7,14H,8-13H2,1-3H3;10,14H,4-9H2,1-3H3;1-4,12H. The fourth-order valence-electron chi connectivity index (χ4n) is 6.09. The van der Waals surface area contributed by atoms with Gasteiger partial charge in [-0.25, -0.2) is 9.59 Å². The minimum Gasteiger partial charge on any atom is -0.444 e. The summed E-state index contributed by atoms with van der Waals surface area (Å²) in [5.74, 6) is -2.22. The van der Waals surface area contributed by atoms with Crippen LogP contribution in [0.25, 0.3) is 0 Å². The summed E-state index contributed by atoms with van der Waals surface area (Å²) in [5.41, 5.74) is 0.258. The Labute approximate surface area is 332 Å². The molecule has 2 aromatic carbocycles. The summed E-state index contributed by atoms with van der Waals surface area (Å²) in [4.78, 5) is 79.1. The SMILES string of the molecule is CC(C)(C)OC(=O)N1CCC(OCCO)CC1.CC(C)(C)OC(=O)N1CCC(OCCON2C(=O)c3ccccc3C2=O)CC1.O=C1c2ccccc2C(=O)N1O. The van der Waals surface area contributed by atoms with Crippen LogP contribution in [-0.2, 0) is 23.8 Å². The van der Waals surface area contributed by atoms with Gasteiger partial charge >= 0.3 is 12.2 Å². The van der Waals surface area contributed by atoms with Crippen molar-refractivity contribution >= 4 is 35.8 Å². The molecular formula is C40H54N4O13. The van der Waals surface area contributed by atoms with Gasteiger partial charge < -0.3 is 33.9 Å². The lowest BCUT2D eigenvalue weighted by molar-refractivity contribution is -0.115. The van der Waals surface area contributed by atoms with Gasteiger partial charge in [0, 0.05) is 26.2 Å². The minimum atomic E-state index is -0.657. The molecule has 2 aromatic rings. The zero-order valence-corrected chi connectivity index (χ0v) is 33.4. The van der Waals surface area contributed by atoms with Gasteiger partial charge in [-0.1, -0.05) is 24.3 Å². The predicted octanol–water partition coefficient (Wildman–Crippen LogP) is 4.70. The molecule has 6 rings (SSSR count). The van der Waals surface area contributed by atoms with Crippen molar-refractivity contribution in [3.05, 3.63) is 70.8 Å². The van der Waals surface area contributed by atoms with Crippen LogP contribution in [-0.4, -0.2) is 142 Å². The second kappa shape index (κ2) is 20.0. The van der Waals surface area contributed by atoms with Crippen molar-refractivity contribution in [3.8, 4) is 0 Å². The van der Waals surface area contributed by atoms with Crippen molar-refractivity contribution in [2.75, 3.05) is 52.6 Å². The van der Waals surface area contributed by atoms with E-state index in [4.69, 9.17) is 34.1 Å². The Morgan fingerprint density at radius 1 is 0.596 bits per heavy atom. The second-order valence-corrected chi connectivity index (χ2v) is 15.5. The van der Waals surface area contributed by atoms with Crippen molar-refractivity contribution in [3.63, 3.8) is 0 Å². The maximum absolute atomic E-state index is 12.2. The number of aliphatic hydroxyl groups excluding tert-OH is 1. The number of aliphatic hydroxyl groups is 1.